The summed E-state index contributed by atoms with van der Waals surface area (Å²) in [6, 6.07) is 5.17. The third kappa shape index (κ3) is 4.57. The van der Waals surface area contributed by atoms with Gasteiger partial charge in [0, 0.05) is 25.4 Å². The Morgan fingerprint density at radius 1 is 1.28 bits per heavy atom. The minimum Gasteiger partial charge on any atom is -0.469 e. The first-order valence-electron chi connectivity index (χ1n) is 7.25. The molecule has 0 radical (unpaired) electrons. The summed E-state index contributed by atoms with van der Waals surface area (Å²) >= 11 is 0. The molecule has 1 heterocycles. The van der Waals surface area contributed by atoms with Gasteiger partial charge in [0.2, 0.25) is 0 Å². The number of nitro benzene ring substituents is 1. The molecule has 2 N–H and O–H groups in total. The molecule has 0 aliphatic rings. The topological polar surface area (TPSA) is 132 Å². The van der Waals surface area contributed by atoms with Crippen LogP contribution in [-0.4, -0.2) is 38.6 Å². The molecule has 0 atom stereocenters. The normalized spacial score (nSPS) is 11.1. The molecule has 0 aliphatic carbocycles. The predicted octanol–water partition coefficient (Wildman–Crippen LogP) is 1.74. The van der Waals surface area contributed by atoms with Gasteiger partial charge in [0.1, 0.15) is 11.4 Å². The Balaban J connectivity index is 2.00. The van der Waals surface area contributed by atoms with E-state index in [1.54, 1.807) is 13.0 Å². The standard InChI is InChI=1S/C15H17N3O6S/c1-10-12(5-8-24-10)15(19)17-7-6-16-13-4-3-11(25(2,22)23)9-14(13)18(20)21/h3-5,8-9,16H,6-7H2,1-2H3,(H,17,19). The number of carbonyl (C=O) groups excluding carboxylic acids is 1. The molecule has 134 valence electrons. The number of amides is 1. The third-order valence-corrected chi connectivity index (χ3v) is 4.53. The molecule has 0 spiro atoms. The first kappa shape index (κ1) is 18.5. The van der Waals surface area contributed by atoms with Gasteiger partial charge in [-0.1, -0.05) is 0 Å². The number of hydrogen-bond acceptors (Lipinski definition) is 7. The average molecular weight is 367 g/mol. The number of nitro groups is 1. The van der Waals surface area contributed by atoms with Crippen LogP contribution < -0.4 is 10.6 Å². The van der Waals surface area contributed by atoms with Crippen LogP contribution in [0.1, 0.15) is 16.1 Å². The van der Waals surface area contributed by atoms with Gasteiger partial charge in [0.15, 0.2) is 9.84 Å². The fourth-order valence-corrected chi connectivity index (χ4v) is 2.77. The lowest BCUT2D eigenvalue weighted by Gasteiger charge is -2.09. The lowest BCUT2D eigenvalue weighted by atomic mass is 10.2. The summed E-state index contributed by atoms with van der Waals surface area (Å²) < 4.78 is 28.0. The smallest absolute Gasteiger partial charge is 0.293 e. The Hall–Kier alpha value is -2.88. The van der Waals surface area contributed by atoms with E-state index in [9.17, 15) is 23.3 Å². The van der Waals surface area contributed by atoms with Crippen molar-refractivity contribution in [3.8, 4) is 0 Å². The van der Waals surface area contributed by atoms with E-state index in [1.807, 2.05) is 0 Å². The fraction of sp³-hybridized carbons (Fsp3) is 0.267. The number of sulfone groups is 1. The van der Waals surface area contributed by atoms with Gasteiger partial charge in [-0.3, -0.25) is 14.9 Å². The van der Waals surface area contributed by atoms with Gasteiger partial charge in [0.25, 0.3) is 11.6 Å². The Labute approximate surface area is 144 Å². The van der Waals surface area contributed by atoms with Crippen LogP contribution in [0.25, 0.3) is 0 Å². The van der Waals surface area contributed by atoms with E-state index in [0.29, 0.717) is 11.3 Å². The van der Waals surface area contributed by atoms with Gasteiger partial charge >= 0.3 is 0 Å². The lowest BCUT2D eigenvalue weighted by molar-refractivity contribution is -0.384. The van der Waals surface area contributed by atoms with E-state index in [0.717, 1.165) is 12.3 Å². The van der Waals surface area contributed by atoms with E-state index >= 15 is 0 Å². The summed E-state index contributed by atoms with van der Waals surface area (Å²) in [6.07, 6.45) is 2.39. The van der Waals surface area contributed by atoms with Crippen LogP contribution >= 0.6 is 0 Å². The van der Waals surface area contributed by atoms with Crippen LogP contribution in [0, 0.1) is 17.0 Å². The van der Waals surface area contributed by atoms with Gasteiger partial charge in [-0.2, -0.15) is 0 Å². The Kier molecular flexibility index (Phi) is 5.42. The van der Waals surface area contributed by atoms with Crippen molar-refractivity contribution in [2.24, 2.45) is 0 Å². The second-order valence-corrected chi connectivity index (χ2v) is 7.30. The SMILES string of the molecule is Cc1occc1C(=O)NCCNc1ccc(S(C)(=O)=O)cc1[N+](=O)[O-]. The molecule has 0 saturated carbocycles. The van der Waals surface area contributed by atoms with Crippen LogP contribution in [-0.2, 0) is 9.84 Å². The highest BCUT2D eigenvalue weighted by Crippen LogP contribution is 2.27. The number of furan rings is 1. The third-order valence-electron chi connectivity index (χ3n) is 3.42. The molecule has 1 aromatic heterocycles. The Morgan fingerprint density at radius 3 is 2.56 bits per heavy atom. The number of anilines is 1. The quantitative estimate of drug-likeness (QED) is 0.433. The second kappa shape index (κ2) is 7.34. The van der Waals surface area contributed by atoms with Crippen molar-refractivity contribution < 1.29 is 22.6 Å². The van der Waals surface area contributed by atoms with Gasteiger partial charge in [0.05, 0.1) is 21.6 Å². The lowest BCUT2D eigenvalue weighted by Crippen LogP contribution is -2.29. The van der Waals surface area contributed by atoms with Gasteiger partial charge in [-0.05, 0) is 25.1 Å². The van der Waals surface area contributed by atoms with Crippen molar-refractivity contribution in [3.63, 3.8) is 0 Å². The monoisotopic (exact) mass is 367 g/mol. The molecule has 0 bridgehead atoms. The molecule has 0 unspecified atom stereocenters. The number of aryl methyl sites for hydroxylation is 1. The van der Waals surface area contributed by atoms with Crippen molar-refractivity contribution >= 4 is 27.1 Å². The average Bonchev–Trinajstić information content (AvgIpc) is 2.96. The number of nitrogens with zero attached hydrogens (tertiary/aromatic N) is 1. The zero-order chi connectivity index (χ0) is 18.6. The number of rotatable bonds is 7. The van der Waals surface area contributed by atoms with Crippen molar-refractivity contribution in [2.75, 3.05) is 24.7 Å². The molecule has 0 fully saturated rings. The largest absolute Gasteiger partial charge is 0.469 e. The van der Waals surface area contributed by atoms with Crippen LogP contribution in [0.4, 0.5) is 11.4 Å². The summed E-state index contributed by atoms with van der Waals surface area (Å²) in [5, 5.41) is 16.6. The van der Waals surface area contributed by atoms with Gasteiger partial charge in [-0.15, -0.1) is 0 Å². The summed E-state index contributed by atoms with van der Waals surface area (Å²) in [5.74, 6) is 0.187. The van der Waals surface area contributed by atoms with Gasteiger partial charge < -0.3 is 15.1 Å². The number of hydrogen-bond donors (Lipinski definition) is 2. The zero-order valence-electron chi connectivity index (χ0n) is 13.6. The van der Waals surface area contributed by atoms with Gasteiger partial charge in [-0.25, -0.2) is 8.42 Å². The van der Waals surface area contributed by atoms with Crippen LogP contribution in [0.3, 0.4) is 0 Å². The maximum atomic E-state index is 11.9. The van der Waals surface area contributed by atoms with Crippen molar-refractivity contribution in [3.05, 3.63) is 52.0 Å². The summed E-state index contributed by atoms with van der Waals surface area (Å²) in [4.78, 5) is 22.2. The molecule has 1 aromatic carbocycles. The fourth-order valence-electron chi connectivity index (χ4n) is 2.13. The molecule has 1 amide bonds. The molecular formula is C15H17N3O6S. The Bertz CT molecular complexity index is 904. The molecule has 0 saturated heterocycles. The highest BCUT2D eigenvalue weighted by molar-refractivity contribution is 7.90. The highest BCUT2D eigenvalue weighted by atomic mass is 32.2. The second-order valence-electron chi connectivity index (χ2n) is 5.28. The van der Waals surface area contributed by atoms with Crippen molar-refractivity contribution in [1.29, 1.82) is 0 Å². The first-order chi connectivity index (χ1) is 11.7. The maximum absolute atomic E-state index is 11.9. The molecular weight excluding hydrogens is 350 g/mol. The number of carbonyl (C=O) groups is 1. The van der Waals surface area contributed by atoms with Crippen molar-refractivity contribution in [1.82, 2.24) is 5.32 Å². The Morgan fingerprint density at radius 2 is 2.00 bits per heavy atom. The molecule has 10 heteroatoms. The van der Waals surface area contributed by atoms with Crippen LogP contribution in [0.2, 0.25) is 0 Å². The van der Waals surface area contributed by atoms with E-state index in [4.69, 9.17) is 4.42 Å². The minimum absolute atomic E-state index is 0.131. The molecule has 0 aliphatic heterocycles. The van der Waals surface area contributed by atoms with E-state index in [2.05, 4.69) is 10.6 Å². The first-order valence-corrected chi connectivity index (χ1v) is 9.14. The predicted molar refractivity (Wildman–Crippen MR) is 90.5 cm³/mol. The van der Waals surface area contributed by atoms with Crippen LogP contribution in [0.15, 0.2) is 39.8 Å². The number of benzene rings is 1. The maximum Gasteiger partial charge on any atom is 0.293 e. The summed E-state index contributed by atoms with van der Waals surface area (Å²) in [7, 11) is -3.54. The molecule has 9 nitrogen and oxygen atoms in total. The highest BCUT2D eigenvalue weighted by Gasteiger charge is 2.18. The zero-order valence-corrected chi connectivity index (χ0v) is 14.4. The van der Waals surface area contributed by atoms with E-state index in [-0.39, 0.29) is 35.3 Å². The van der Waals surface area contributed by atoms with E-state index < -0.39 is 14.8 Å². The summed E-state index contributed by atoms with van der Waals surface area (Å²) in [6.45, 7) is 2.11. The van der Waals surface area contributed by atoms with E-state index in [1.165, 1.54) is 18.4 Å². The van der Waals surface area contributed by atoms with Crippen molar-refractivity contribution in [2.45, 2.75) is 11.8 Å². The summed E-state index contributed by atoms with van der Waals surface area (Å²) in [5.41, 5.74) is 0.245. The molecule has 2 rings (SSSR count). The molecule has 2 aromatic rings. The van der Waals surface area contributed by atoms with Crippen LogP contribution in [0.5, 0.6) is 0 Å². The minimum atomic E-state index is -3.54. The number of nitrogens with one attached hydrogen (secondary N) is 2. The molecule has 25 heavy (non-hydrogen) atoms.